The van der Waals surface area contributed by atoms with Crippen molar-refractivity contribution >= 4 is 11.6 Å². The van der Waals surface area contributed by atoms with Crippen LogP contribution in [0.2, 0.25) is 0 Å². The lowest BCUT2D eigenvalue weighted by Gasteiger charge is -2.08. The van der Waals surface area contributed by atoms with E-state index in [4.69, 9.17) is 4.74 Å². The molecule has 2 aromatic heterocycles. The Morgan fingerprint density at radius 3 is 2.72 bits per heavy atom. The van der Waals surface area contributed by atoms with Gasteiger partial charge in [0.25, 0.3) is 5.91 Å². The zero-order chi connectivity index (χ0) is 18.0. The van der Waals surface area contributed by atoms with Crippen LogP contribution in [0.5, 0.6) is 5.75 Å². The predicted octanol–water partition coefficient (Wildman–Crippen LogP) is 2.54. The molecule has 0 aliphatic heterocycles. The molecule has 25 heavy (non-hydrogen) atoms. The van der Waals surface area contributed by atoms with Gasteiger partial charge >= 0.3 is 0 Å². The van der Waals surface area contributed by atoms with Crippen LogP contribution in [-0.2, 0) is 13.6 Å². The number of carbonyl (C=O) groups excluding carboxylic acids is 1. The van der Waals surface area contributed by atoms with E-state index in [0.717, 1.165) is 28.4 Å². The highest BCUT2D eigenvalue weighted by Gasteiger charge is 2.16. The van der Waals surface area contributed by atoms with Crippen LogP contribution in [0.25, 0.3) is 0 Å². The molecule has 0 bridgehead atoms. The molecule has 0 unspecified atom stereocenters. The van der Waals surface area contributed by atoms with Crippen molar-refractivity contribution < 1.29 is 9.53 Å². The second-order valence-electron chi connectivity index (χ2n) is 5.88. The fraction of sp³-hybridized carbons (Fsp3) is 0.278. The van der Waals surface area contributed by atoms with Crippen molar-refractivity contribution in [3.63, 3.8) is 0 Å². The number of nitrogens with zero attached hydrogens (tertiary/aromatic N) is 4. The van der Waals surface area contributed by atoms with Crippen LogP contribution in [0.1, 0.15) is 27.4 Å². The van der Waals surface area contributed by atoms with Crippen molar-refractivity contribution in [2.24, 2.45) is 7.05 Å². The summed E-state index contributed by atoms with van der Waals surface area (Å²) in [6.45, 7) is 4.42. The summed E-state index contributed by atoms with van der Waals surface area (Å²) < 4.78 is 8.73. The van der Waals surface area contributed by atoms with Crippen LogP contribution < -0.4 is 10.1 Å². The smallest absolute Gasteiger partial charge is 0.276 e. The Hall–Kier alpha value is -3.09. The molecule has 0 atom stereocenters. The minimum absolute atomic E-state index is 0.243. The van der Waals surface area contributed by atoms with Gasteiger partial charge in [-0.15, -0.1) is 0 Å². The van der Waals surface area contributed by atoms with Gasteiger partial charge in [-0.3, -0.25) is 14.2 Å². The van der Waals surface area contributed by atoms with Crippen LogP contribution in [-0.4, -0.2) is 32.6 Å². The lowest BCUT2D eigenvalue weighted by molar-refractivity contribution is 0.102. The largest absolute Gasteiger partial charge is 0.497 e. The van der Waals surface area contributed by atoms with Crippen molar-refractivity contribution in [1.29, 1.82) is 0 Å². The minimum Gasteiger partial charge on any atom is -0.497 e. The molecule has 3 rings (SSSR count). The van der Waals surface area contributed by atoms with Gasteiger partial charge in [-0.1, -0.05) is 12.1 Å². The van der Waals surface area contributed by atoms with Gasteiger partial charge in [0.05, 0.1) is 30.7 Å². The number of ether oxygens (including phenoxy) is 1. The number of amides is 1. The summed E-state index contributed by atoms with van der Waals surface area (Å²) in [6, 6.07) is 9.53. The van der Waals surface area contributed by atoms with E-state index < -0.39 is 0 Å². The fourth-order valence-corrected chi connectivity index (χ4v) is 2.69. The molecule has 1 aromatic carbocycles. The first-order valence-electron chi connectivity index (χ1n) is 7.96. The molecule has 0 spiro atoms. The number of carbonyl (C=O) groups is 1. The first-order valence-corrected chi connectivity index (χ1v) is 7.96. The third-order valence-electron chi connectivity index (χ3n) is 4.03. The molecule has 7 nitrogen and oxygen atoms in total. The number of benzene rings is 1. The number of aryl methyl sites for hydroxylation is 2. The molecule has 0 aliphatic carbocycles. The summed E-state index contributed by atoms with van der Waals surface area (Å²) in [5.74, 6) is 0.565. The number of aromatic nitrogens is 4. The van der Waals surface area contributed by atoms with Gasteiger partial charge in [-0.25, -0.2) is 0 Å². The second-order valence-corrected chi connectivity index (χ2v) is 5.88. The van der Waals surface area contributed by atoms with Crippen LogP contribution in [0.4, 0.5) is 5.69 Å². The average molecular weight is 339 g/mol. The summed E-state index contributed by atoms with van der Waals surface area (Å²) in [5, 5.41) is 11.6. The monoisotopic (exact) mass is 339 g/mol. The van der Waals surface area contributed by atoms with E-state index >= 15 is 0 Å². The Morgan fingerprint density at radius 2 is 2.04 bits per heavy atom. The summed E-state index contributed by atoms with van der Waals surface area (Å²) in [7, 11) is 3.42. The second kappa shape index (κ2) is 6.80. The third kappa shape index (κ3) is 3.55. The van der Waals surface area contributed by atoms with Gasteiger partial charge in [0.2, 0.25) is 0 Å². The zero-order valence-corrected chi connectivity index (χ0v) is 14.8. The summed E-state index contributed by atoms with van der Waals surface area (Å²) in [4.78, 5) is 12.3. The molecule has 0 saturated heterocycles. The standard InChI is InChI=1S/C18H21N5O2/c1-12-17(19-18(24)16-8-9-22(3)21-16)13(2)23(20-12)11-14-6-5-7-15(10-14)25-4/h5-10H,11H2,1-4H3,(H,19,24). The van der Waals surface area contributed by atoms with Crippen LogP contribution in [0.3, 0.4) is 0 Å². The SMILES string of the molecule is COc1cccc(Cn2nc(C)c(NC(=O)c3ccn(C)n3)c2C)c1. The zero-order valence-electron chi connectivity index (χ0n) is 14.8. The maximum atomic E-state index is 12.3. The molecular weight excluding hydrogens is 318 g/mol. The van der Waals surface area contributed by atoms with E-state index in [1.54, 1.807) is 31.1 Å². The van der Waals surface area contributed by atoms with E-state index in [0.29, 0.717) is 12.2 Å². The van der Waals surface area contributed by atoms with E-state index in [1.807, 2.05) is 42.8 Å². The molecule has 0 aliphatic rings. The normalized spacial score (nSPS) is 10.7. The van der Waals surface area contributed by atoms with Crippen molar-refractivity contribution in [2.45, 2.75) is 20.4 Å². The summed E-state index contributed by atoms with van der Waals surface area (Å²) in [5.41, 5.74) is 3.84. The van der Waals surface area contributed by atoms with Crippen molar-refractivity contribution in [1.82, 2.24) is 19.6 Å². The van der Waals surface area contributed by atoms with Gasteiger partial charge in [0.15, 0.2) is 5.69 Å². The quantitative estimate of drug-likeness (QED) is 0.775. The lowest BCUT2D eigenvalue weighted by atomic mass is 10.2. The van der Waals surface area contributed by atoms with Gasteiger partial charge in [-0.2, -0.15) is 10.2 Å². The number of hydrogen-bond donors (Lipinski definition) is 1. The maximum Gasteiger partial charge on any atom is 0.276 e. The van der Waals surface area contributed by atoms with Crippen LogP contribution in [0, 0.1) is 13.8 Å². The first kappa shape index (κ1) is 16.8. The molecule has 0 radical (unpaired) electrons. The Balaban J connectivity index is 1.81. The molecule has 2 heterocycles. The molecule has 7 heteroatoms. The van der Waals surface area contributed by atoms with E-state index in [-0.39, 0.29) is 5.91 Å². The molecule has 1 amide bonds. The maximum absolute atomic E-state index is 12.3. The predicted molar refractivity (Wildman–Crippen MR) is 95.0 cm³/mol. The highest BCUT2D eigenvalue weighted by atomic mass is 16.5. The number of rotatable bonds is 5. The lowest BCUT2D eigenvalue weighted by Crippen LogP contribution is -2.14. The van der Waals surface area contributed by atoms with Gasteiger partial charge in [0, 0.05) is 13.2 Å². The molecule has 0 saturated carbocycles. The number of methoxy groups -OCH3 is 1. The molecule has 0 fully saturated rings. The third-order valence-corrected chi connectivity index (χ3v) is 4.03. The topological polar surface area (TPSA) is 74.0 Å². The van der Waals surface area contributed by atoms with Crippen molar-refractivity contribution in [3.8, 4) is 5.75 Å². The molecule has 3 aromatic rings. The minimum atomic E-state index is -0.243. The first-order chi connectivity index (χ1) is 12.0. The van der Waals surface area contributed by atoms with Gasteiger partial charge in [-0.05, 0) is 37.6 Å². The van der Waals surface area contributed by atoms with Gasteiger partial charge in [0.1, 0.15) is 5.75 Å². The Labute approximate surface area is 146 Å². The molecular formula is C18H21N5O2. The number of anilines is 1. The Morgan fingerprint density at radius 1 is 1.24 bits per heavy atom. The van der Waals surface area contributed by atoms with Crippen molar-refractivity contribution in [2.75, 3.05) is 12.4 Å². The fourth-order valence-electron chi connectivity index (χ4n) is 2.69. The molecule has 130 valence electrons. The summed E-state index contributed by atoms with van der Waals surface area (Å²) in [6.07, 6.45) is 1.74. The highest BCUT2D eigenvalue weighted by Crippen LogP contribution is 2.22. The summed E-state index contributed by atoms with van der Waals surface area (Å²) >= 11 is 0. The van der Waals surface area contributed by atoms with Crippen LogP contribution in [0.15, 0.2) is 36.5 Å². The molecule has 1 N–H and O–H groups in total. The number of hydrogen-bond acceptors (Lipinski definition) is 4. The highest BCUT2D eigenvalue weighted by molar-refractivity contribution is 6.03. The Kier molecular flexibility index (Phi) is 4.56. The Bertz CT molecular complexity index is 910. The van der Waals surface area contributed by atoms with Crippen molar-refractivity contribution in [3.05, 3.63) is 59.2 Å². The van der Waals surface area contributed by atoms with E-state index in [9.17, 15) is 4.79 Å². The van der Waals surface area contributed by atoms with Gasteiger partial charge < -0.3 is 10.1 Å². The van der Waals surface area contributed by atoms with Crippen LogP contribution >= 0.6 is 0 Å². The number of nitrogens with one attached hydrogen (secondary N) is 1. The van der Waals surface area contributed by atoms with E-state index in [2.05, 4.69) is 15.5 Å². The van der Waals surface area contributed by atoms with E-state index in [1.165, 1.54) is 0 Å². The average Bonchev–Trinajstić information content (AvgIpc) is 3.14.